The lowest BCUT2D eigenvalue weighted by Gasteiger charge is -2.21. The third-order valence-corrected chi connectivity index (χ3v) is 5.12. The van der Waals surface area contributed by atoms with Gasteiger partial charge in [-0.05, 0) is 68.7 Å². The summed E-state index contributed by atoms with van der Waals surface area (Å²) in [6, 6.07) is 12.6. The number of amides is 3. The second-order valence-electron chi connectivity index (χ2n) is 7.71. The summed E-state index contributed by atoms with van der Waals surface area (Å²) in [5.74, 6) is -0.570. The molecule has 166 valence electrons. The third-order valence-electron chi connectivity index (χ3n) is 4.86. The number of benzene rings is 2. The molecule has 2 N–H and O–H groups in total. The lowest BCUT2D eigenvalue weighted by atomic mass is 10.0. The first-order valence-electron chi connectivity index (χ1n) is 10.5. The topological polar surface area (TPSA) is 78.5 Å². The van der Waals surface area contributed by atoms with Crippen LogP contribution in [0.5, 0.6) is 0 Å². The number of anilines is 1. The molecule has 0 bridgehead atoms. The molecule has 0 aliphatic rings. The Morgan fingerprint density at radius 2 is 1.61 bits per heavy atom. The highest BCUT2D eigenvalue weighted by molar-refractivity contribution is 6.30. The van der Waals surface area contributed by atoms with Crippen LogP contribution < -0.4 is 10.6 Å². The van der Waals surface area contributed by atoms with E-state index in [4.69, 9.17) is 11.6 Å². The normalized spacial score (nSPS) is 11.7. The fraction of sp³-hybridized carbons (Fsp3) is 0.375. The zero-order valence-corrected chi connectivity index (χ0v) is 19.2. The van der Waals surface area contributed by atoms with Crippen molar-refractivity contribution >= 4 is 35.0 Å². The maximum Gasteiger partial charge on any atom is 0.253 e. The van der Waals surface area contributed by atoms with Crippen molar-refractivity contribution < 1.29 is 14.4 Å². The first kappa shape index (κ1) is 24.4. The Morgan fingerprint density at radius 1 is 0.968 bits per heavy atom. The molecule has 2 aromatic rings. The van der Waals surface area contributed by atoms with Crippen LogP contribution in [0.15, 0.2) is 48.5 Å². The SMILES string of the molecule is CCN(CC)C(=O)c1cccc(NC(=O)C(CC(C)C)NC(=O)c2ccc(Cl)cc2)c1. The number of carbonyl (C=O) groups excluding carboxylic acids is 3. The Bertz CT molecular complexity index is 909. The second kappa shape index (κ2) is 11.5. The van der Waals surface area contributed by atoms with Gasteiger partial charge in [-0.3, -0.25) is 14.4 Å². The quantitative estimate of drug-likeness (QED) is 0.594. The number of hydrogen-bond acceptors (Lipinski definition) is 3. The van der Waals surface area contributed by atoms with Gasteiger partial charge in [0.1, 0.15) is 6.04 Å². The molecular formula is C24H30ClN3O3. The third kappa shape index (κ3) is 7.10. The highest BCUT2D eigenvalue weighted by Gasteiger charge is 2.23. The fourth-order valence-electron chi connectivity index (χ4n) is 3.20. The number of nitrogens with one attached hydrogen (secondary N) is 2. The highest BCUT2D eigenvalue weighted by Crippen LogP contribution is 2.16. The summed E-state index contributed by atoms with van der Waals surface area (Å²) in [6.45, 7) is 9.04. The number of nitrogens with zero attached hydrogens (tertiary/aromatic N) is 1. The van der Waals surface area contributed by atoms with Gasteiger partial charge in [-0.1, -0.05) is 31.5 Å². The molecule has 0 aromatic heterocycles. The van der Waals surface area contributed by atoms with E-state index in [0.29, 0.717) is 41.3 Å². The highest BCUT2D eigenvalue weighted by atomic mass is 35.5. The molecule has 0 spiro atoms. The molecule has 0 fully saturated rings. The summed E-state index contributed by atoms with van der Waals surface area (Å²) in [4.78, 5) is 39.9. The van der Waals surface area contributed by atoms with Crippen LogP contribution in [0.2, 0.25) is 5.02 Å². The van der Waals surface area contributed by atoms with Gasteiger partial charge in [0.25, 0.3) is 11.8 Å². The van der Waals surface area contributed by atoms with Crippen LogP contribution in [0, 0.1) is 5.92 Å². The maximum absolute atomic E-state index is 13.0. The van der Waals surface area contributed by atoms with E-state index in [1.165, 1.54) is 0 Å². The van der Waals surface area contributed by atoms with E-state index in [1.807, 2.05) is 27.7 Å². The molecule has 3 amide bonds. The summed E-state index contributed by atoms with van der Waals surface area (Å²) in [7, 11) is 0. The van der Waals surface area contributed by atoms with Crippen LogP contribution in [0.25, 0.3) is 0 Å². The molecule has 7 heteroatoms. The standard InChI is InChI=1S/C24H30ClN3O3/c1-5-28(6-2)24(31)18-8-7-9-20(15-18)26-23(30)21(14-16(3)4)27-22(29)17-10-12-19(25)13-11-17/h7-13,15-16,21H,5-6,14H2,1-4H3,(H,26,30)(H,27,29). The molecule has 0 aliphatic carbocycles. The van der Waals surface area contributed by atoms with Crippen molar-refractivity contribution in [1.82, 2.24) is 10.2 Å². The Balaban J connectivity index is 2.15. The summed E-state index contributed by atoms with van der Waals surface area (Å²) >= 11 is 5.88. The molecule has 1 unspecified atom stereocenters. The molecule has 0 heterocycles. The molecule has 0 saturated heterocycles. The van der Waals surface area contributed by atoms with Gasteiger partial charge < -0.3 is 15.5 Å². The van der Waals surface area contributed by atoms with Crippen molar-refractivity contribution in [2.24, 2.45) is 5.92 Å². The Kier molecular flexibility index (Phi) is 9.06. The van der Waals surface area contributed by atoms with Crippen molar-refractivity contribution in [1.29, 1.82) is 0 Å². The average Bonchev–Trinajstić information content (AvgIpc) is 2.74. The molecule has 31 heavy (non-hydrogen) atoms. The van der Waals surface area contributed by atoms with Crippen LogP contribution >= 0.6 is 11.6 Å². The van der Waals surface area contributed by atoms with E-state index in [2.05, 4.69) is 10.6 Å². The number of carbonyl (C=O) groups is 3. The molecule has 6 nitrogen and oxygen atoms in total. The Hall–Kier alpha value is -2.86. The van der Waals surface area contributed by atoms with Crippen LogP contribution in [0.1, 0.15) is 54.8 Å². The van der Waals surface area contributed by atoms with Gasteiger partial charge in [-0.15, -0.1) is 0 Å². The summed E-state index contributed by atoms with van der Waals surface area (Å²) in [6.07, 6.45) is 0.475. The monoisotopic (exact) mass is 443 g/mol. The Morgan fingerprint density at radius 3 is 2.19 bits per heavy atom. The fourth-order valence-corrected chi connectivity index (χ4v) is 3.32. The average molecular weight is 444 g/mol. The van der Waals surface area contributed by atoms with E-state index in [-0.39, 0.29) is 23.6 Å². The zero-order chi connectivity index (χ0) is 23.0. The molecule has 1 atom stereocenters. The first-order chi connectivity index (χ1) is 14.7. The molecule has 2 aromatic carbocycles. The van der Waals surface area contributed by atoms with E-state index >= 15 is 0 Å². The van der Waals surface area contributed by atoms with Crippen molar-refractivity contribution in [3.63, 3.8) is 0 Å². The van der Waals surface area contributed by atoms with Gasteiger partial charge in [-0.2, -0.15) is 0 Å². The van der Waals surface area contributed by atoms with Crippen LogP contribution in [0.3, 0.4) is 0 Å². The van der Waals surface area contributed by atoms with Crippen molar-refractivity contribution in [3.8, 4) is 0 Å². The van der Waals surface area contributed by atoms with E-state index in [1.54, 1.807) is 53.4 Å². The minimum atomic E-state index is -0.717. The van der Waals surface area contributed by atoms with Gasteiger partial charge in [0.15, 0.2) is 0 Å². The lowest BCUT2D eigenvalue weighted by molar-refractivity contribution is -0.118. The van der Waals surface area contributed by atoms with Gasteiger partial charge in [0.2, 0.25) is 5.91 Å². The van der Waals surface area contributed by atoms with Crippen LogP contribution in [-0.2, 0) is 4.79 Å². The molecule has 2 rings (SSSR count). The van der Waals surface area contributed by atoms with Crippen molar-refractivity contribution in [2.75, 3.05) is 18.4 Å². The smallest absolute Gasteiger partial charge is 0.253 e. The minimum Gasteiger partial charge on any atom is -0.340 e. The van der Waals surface area contributed by atoms with Gasteiger partial charge in [0.05, 0.1) is 0 Å². The zero-order valence-electron chi connectivity index (χ0n) is 18.4. The van der Waals surface area contributed by atoms with E-state index < -0.39 is 6.04 Å². The predicted octanol–water partition coefficient (Wildman–Crippen LogP) is 4.61. The minimum absolute atomic E-state index is 0.0872. The van der Waals surface area contributed by atoms with E-state index in [9.17, 15) is 14.4 Å². The number of hydrogen-bond donors (Lipinski definition) is 2. The van der Waals surface area contributed by atoms with Crippen LogP contribution in [0.4, 0.5) is 5.69 Å². The Labute approximate surface area is 189 Å². The summed E-state index contributed by atoms with van der Waals surface area (Å²) in [5.41, 5.74) is 1.45. The molecule has 0 aliphatic heterocycles. The van der Waals surface area contributed by atoms with Gasteiger partial charge in [0, 0.05) is 34.9 Å². The van der Waals surface area contributed by atoms with Crippen molar-refractivity contribution in [3.05, 3.63) is 64.7 Å². The first-order valence-corrected chi connectivity index (χ1v) is 10.9. The lowest BCUT2D eigenvalue weighted by Crippen LogP contribution is -2.44. The molecule has 0 radical (unpaired) electrons. The second-order valence-corrected chi connectivity index (χ2v) is 8.15. The van der Waals surface area contributed by atoms with Gasteiger partial charge in [-0.25, -0.2) is 0 Å². The number of rotatable bonds is 9. The largest absolute Gasteiger partial charge is 0.340 e. The van der Waals surface area contributed by atoms with Crippen molar-refractivity contribution in [2.45, 2.75) is 40.2 Å². The summed E-state index contributed by atoms with van der Waals surface area (Å²) in [5, 5.41) is 6.18. The predicted molar refractivity (Wildman–Crippen MR) is 124 cm³/mol. The molecule has 0 saturated carbocycles. The maximum atomic E-state index is 13.0. The molecular weight excluding hydrogens is 414 g/mol. The number of halogens is 1. The summed E-state index contributed by atoms with van der Waals surface area (Å²) < 4.78 is 0. The van der Waals surface area contributed by atoms with E-state index in [0.717, 1.165) is 0 Å². The van der Waals surface area contributed by atoms with Gasteiger partial charge >= 0.3 is 0 Å². The van der Waals surface area contributed by atoms with Crippen LogP contribution in [-0.4, -0.2) is 41.8 Å².